The topological polar surface area (TPSA) is 20.2 Å². The summed E-state index contributed by atoms with van der Waals surface area (Å²) >= 11 is 1.78. The summed E-state index contributed by atoms with van der Waals surface area (Å²) < 4.78 is 0. The van der Waals surface area contributed by atoms with Gasteiger partial charge in [0.15, 0.2) is 0 Å². The monoisotopic (exact) mass is 250 g/mol. The minimum Gasteiger partial charge on any atom is -0.384 e. The number of thiophene rings is 1. The Morgan fingerprint density at radius 1 is 1.18 bits per heavy atom. The second-order valence-corrected chi connectivity index (χ2v) is 6.46. The number of allylic oxidation sites excluding steroid dienone is 1. The lowest BCUT2D eigenvalue weighted by Crippen LogP contribution is -2.03. The Morgan fingerprint density at radius 3 is 2.65 bits per heavy atom. The van der Waals surface area contributed by atoms with Gasteiger partial charge < -0.3 is 5.11 Å². The summed E-state index contributed by atoms with van der Waals surface area (Å²) in [6.07, 6.45) is 9.27. The first-order valence-corrected chi connectivity index (χ1v) is 7.44. The Labute approximate surface area is 108 Å². The number of aliphatic hydroxyl groups is 1. The van der Waals surface area contributed by atoms with E-state index in [0.29, 0.717) is 0 Å². The fourth-order valence-electron chi connectivity index (χ4n) is 2.59. The first-order chi connectivity index (χ1) is 8.18. The zero-order chi connectivity index (χ0) is 12.3. The molecule has 0 spiro atoms. The highest BCUT2D eigenvalue weighted by molar-refractivity contribution is 7.12. The predicted octanol–water partition coefficient (Wildman–Crippen LogP) is 4.68. The maximum atomic E-state index is 10.5. The van der Waals surface area contributed by atoms with E-state index in [1.54, 1.807) is 11.3 Å². The molecule has 1 atom stereocenters. The molecule has 94 valence electrons. The Kier molecular flexibility index (Phi) is 4.41. The largest absolute Gasteiger partial charge is 0.384 e. The number of aryl methyl sites for hydroxylation is 2. The molecule has 2 rings (SSSR count). The first-order valence-electron chi connectivity index (χ1n) is 6.62. The zero-order valence-corrected chi connectivity index (χ0v) is 11.6. The molecule has 17 heavy (non-hydrogen) atoms. The van der Waals surface area contributed by atoms with Gasteiger partial charge >= 0.3 is 0 Å². The Hall–Kier alpha value is -0.600. The summed E-state index contributed by atoms with van der Waals surface area (Å²) in [6, 6.07) is 2.14. The van der Waals surface area contributed by atoms with E-state index in [-0.39, 0.29) is 6.10 Å². The molecule has 1 aliphatic carbocycles. The van der Waals surface area contributed by atoms with Crippen LogP contribution in [0.1, 0.15) is 59.9 Å². The molecule has 1 heterocycles. The molecule has 1 N–H and O–H groups in total. The van der Waals surface area contributed by atoms with Gasteiger partial charge in [-0.05, 0) is 56.7 Å². The highest BCUT2D eigenvalue weighted by Gasteiger charge is 2.17. The number of hydrogen-bond donors (Lipinski definition) is 1. The number of hydrogen-bond acceptors (Lipinski definition) is 2. The molecule has 1 aromatic rings. The van der Waals surface area contributed by atoms with Gasteiger partial charge in [-0.15, -0.1) is 11.3 Å². The average Bonchev–Trinajstić information content (AvgIpc) is 2.56. The van der Waals surface area contributed by atoms with Crippen LogP contribution in [0.25, 0.3) is 0 Å². The van der Waals surface area contributed by atoms with Crippen molar-refractivity contribution in [2.75, 3.05) is 0 Å². The number of rotatable bonds is 2. The minimum absolute atomic E-state index is 0.363. The molecule has 0 bridgehead atoms. The molecular formula is C15H22OS. The van der Waals surface area contributed by atoms with Crippen LogP contribution in [0.5, 0.6) is 0 Å². The fourth-order valence-corrected chi connectivity index (χ4v) is 3.54. The quantitative estimate of drug-likeness (QED) is 0.756. The molecule has 0 aromatic carbocycles. The molecule has 0 fully saturated rings. The highest BCUT2D eigenvalue weighted by Crippen LogP contribution is 2.33. The maximum Gasteiger partial charge on any atom is 0.101 e. The normalized spacial score (nSPS) is 19.4. The van der Waals surface area contributed by atoms with Crippen molar-refractivity contribution in [1.29, 1.82) is 0 Å². The van der Waals surface area contributed by atoms with Crippen LogP contribution in [0.3, 0.4) is 0 Å². The Morgan fingerprint density at radius 2 is 1.94 bits per heavy atom. The van der Waals surface area contributed by atoms with Gasteiger partial charge in [-0.25, -0.2) is 0 Å². The predicted molar refractivity (Wildman–Crippen MR) is 74.5 cm³/mol. The molecular weight excluding hydrogens is 228 g/mol. The van der Waals surface area contributed by atoms with Crippen molar-refractivity contribution < 1.29 is 5.11 Å². The van der Waals surface area contributed by atoms with Crippen LogP contribution in [0.15, 0.2) is 17.7 Å². The van der Waals surface area contributed by atoms with Crippen molar-refractivity contribution in [2.45, 2.75) is 58.5 Å². The van der Waals surface area contributed by atoms with Gasteiger partial charge in [0, 0.05) is 9.75 Å². The van der Waals surface area contributed by atoms with Gasteiger partial charge in [0.1, 0.15) is 6.10 Å². The van der Waals surface area contributed by atoms with Crippen LogP contribution < -0.4 is 0 Å². The van der Waals surface area contributed by atoms with E-state index >= 15 is 0 Å². The lowest BCUT2D eigenvalue weighted by molar-refractivity contribution is 0.209. The lowest BCUT2D eigenvalue weighted by atomic mass is 9.93. The molecule has 1 nitrogen and oxygen atoms in total. The standard InChI is InChI=1S/C15H22OS/c1-11-10-14(12(2)17-11)15(16)13-8-6-4-3-5-7-9-13/h8,10,15-16H,3-7,9H2,1-2H3. The third-order valence-corrected chi connectivity index (χ3v) is 4.53. The van der Waals surface area contributed by atoms with Crippen LogP contribution >= 0.6 is 11.3 Å². The Bertz CT molecular complexity index is 403. The van der Waals surface area contributed by atoms with E-state index in [2.05, 4.69) is 26.0 Å². The first kappa shape index (κ1) is 12.8. The Balaban J connectivity index is 2.17. The summed E-state index contributed by atoms with van der Waals surface area (Å²) in [4.78, 5) is 2.56. The van der Waals surface area contributed by atoms with E-state index < -0.39 is 0 Å². The van der Waals surface area contributed by atoms with Crippen molar-refractivity contribution in [3.8, 4) is 0 Å². The van der Waals surface area contributed by atoms with Crippen molar-refractivity contribution in [1.82, 2.24) is 0 Å². The van der Waals surface area contributed by atoms with E-state index in [1.807, 2.05) is 0 Å². The SMILES string of the molecule is Cc1cc(C(O)C2=CCCCCCC2)c(C)s1. The summed E-state index contributed by atoms with van der Waals surface area (Å²) in [5.41, 5.74) is 2.37. The van der Waals surface area contributed by atoms with Crippen LogP contribution in [0, 0.1) is 13.8 Å². The van der Waals surface area contributed by atoms with Crippen LogP contribution in [0.2, 0.25) is 0 Å². The van der Waals surface area contributed by atoms with Crippen molar-refractivity contribution in [3.05, 3.63) is 33.0 Å². The molecule has 1 aliphatic rings. The second-order valence-electron chi connectivity index (χ2n) is 5.00. The lowest BCUT2D eigenvalue weighted by Gasteiger charge is -2.17. The summed E-state index contributed by atoms with van der Waals surface area (Å²) in [5, 5.41) is 10.5. The van der Waals surface area contributed by atoms with Gasteiger partial charge in [-0.2, -0.15) is 0 Å². The van der Waals surface area contributed by atoms with Gasteiger partial charge in [0.05, 0.1) is 0 Å². The summed E-state index contributed by atoms with van der Waals surface area (Å²) in [5.74, 6) is 0. The molecule has 1 aromatic heterocycles. The van der Waals surface area contributed by atoms with Crippen molar-refractivity contribution in [3.63, 3.8) is 0 Å². The average molecular weight is 250 g/mol. The second kappa shape index (κ2) is 5.83. The van der Waals surface area contributed by atoms with E-state index in [0.717, 1.165) is 18.4 Å². The molecule has 0 radical (unpaired) electrons. The summed E-state index contributed by atoms with van der Waals surface area (Å²) in [6.45, 7) is 4.22. The van der Waals surface area contributed by atoms with E-state index in [4.69, 9.17) is 0 Å². The molecule has 2 heteroatoms. The van der Waals surface area contributed by atoms with Gasteiger partial charge in [0.25, 0.3) is 0 Å². The van der Waals surface area contributed by atoms with Gasteiger partial charge in [-0.1, -0.05) is 18.9 Å². The zero-order valence-electron chi connectivity index (χ0n) is 10.8. The molecule has 1 unspecified atom stereocenters. The smallest absolute Gasteiger partial charge is 0.101 e. The highest BCUT2D eigenvalue weighted by atomic mass is 32.1. The fraction of sp³-hybridized carbons (Fsp3) is 0.600. The summed E-state index contributed by atoms with van der Waals surface area (Å²) in [7, 11) is 0. The maximum absolute atomic E-state index is 10.5. The molecule has 0 amide bonds. The van der Waals surface area contributed by atoms with E-state index in [1.165, 1.54) is 41.0 Å². The van der Waals surface area contributed by atoms with Crippen LogP contribution in [-0.2, 0) is 0 Å². The molecule has 0 saturated carbocycles. The van der Waals surface area contributed by atoms with E-state index in [9.17, 15) is 5.11 Å². The van der Waals surface area contributed by atoms with Crippen LogP contribution in [-0.4, -0.2) is 5.11 Å². The van der Waals surface area contributed by atoms with Crippen LogP contribution in [0.4, 0.5) is 0 Å². The third kappa shape index (κ3) is 3.20. The molecule has 0 aliphatic heterocycles. The number of aliphatic hydroxyl groups excluding tert-OH is 1. The van der Waals surface area contributed by atoms with Crippen molar-refractivity contribution in [2.24, 2.45) is 0 Å². The van der Waals surface area contributed by atoms with Gasteiger partial charge in [0.2, 0.25) is 0 Å². The molecule has 0 saturated heterocycles. The van der Waals surface area contributed by atoms with Crippen molar-refractivity contribution >= 4 is 11.3 Å². The third-order valence-electron chi connectivity index (χ3n) is 3.55. The van der Waals surface area contributed by atoms with Gasteiger partial charge in [-0.3, -0.25) is 0 Å². The minimum atomic E-state index is -0.363.